The molecule has 0 heterocycles. The summed E-state index contributed by atoms with van der Waals surface area (Å²) in [6.07, 6.45) is 0.906. The number of rotatable bonds is 6. The Morgan fingerprint density at radius 1 is 1.25 bits per heavy atom. The van der Waals surface area contributed by atoms with Crippen molar-refractivity contribution in [1.82, 2.24) is 5.32 Å². The molecule has 0 fully saturated rings. The van der Waals surface area contributed by atoms with Gasteiger partial charge in [-0.3, -0.25) is 0 Å². The highest BCUT2D eigenvalue weighted by molar-refractivity contribution is 5.16. The second-order valence-electron chi connectivity index (χ2n) is 4.42. The van der Waals surface area contributed by atoms with Crippen LogP contribution in [0.5, 0.6) is 0 Å². The van der Waals surface area contributed by atoms with Gasteiger partial charge in [0.05, 0.1) is 0 Å². The maximum absolute atomic E-state index is 12.7. The molecule has 2 nitrogen and oxygen atoms in total. The van der Waals surface area contributed by atoms with Gasteiger partial charge in [0.1, 0.15) is 5.82 Å². The zero-order chi connectivity index (χ0) is 12.0. The van der Waals surface area contributed by atoms with Crippen LogP contribution in [0.25, 0.3) is 0 Å². The third kappa shape index (κ3) is 4.29. The maximum Gasteiger partial charge on any atom is 0.123 e. The van der Waals surface area contributed by atoms with Crippen molar-refractivity contribution in [2.24, 2.45) is 11.7 Å². The molecule has 0 saturated heterocycles. The van der Waals surface area contributed by atoms with Gasteiger partial charge in [-0.2, -0.15) is 0 Å². The molecule has 1 aromatic rings. The normalized spacial score (nSPS) is 13.1. The van der Waals surface area contributed by atoms with E-state index in [1.165, 1.54) is 12.1 Å². The fraction of sp³-hybridized carbons (Fsp3) is 0.538. The van der Waals surface area contributed by atoms with Crippen LogP contribution in [0, 0.1) is 11.7 Å². The molecular formula is C13H21FN2. The molecule has 90 valence electrons. The largest absolute Gasteiger partial charge is 0.329 e. The summed E-state index contributed by atoms with van der Waals surface area (Å²) >= 11 is 0. The van der Waals surface area contributed by atoms with Crippen molar-refractivity contribution in [3.05, 3.63) is 35.6 Å². The van der Waals surface area contributed by atoms with Crippen molar-refractivity contribution in [3.8, 4) is 0 Å². The van der Waals surface area contributed by atoms with Crippen LogP contribution >= 0.6 is 0 Å². The molecule has 3 N–H and O–H groups in total. The van der Waals surface area contributed by atoms with Gasteiger partial charge < -0.3 is 11.1 Å². The molecular weight excluding hydrogens is 203 g/mol. The molecule has 3 heteroatoms. The standard InChI is InChI=1S/C13H21FN2/c1-10(2)13(9-15)16-8-7-11-3-5-12(14)6-4-11/h3-6,10,13,16H,7-9,15H2,1-2H3. The highest BCUT2D eigenvalue weighted by atomic mass is 19.1. The Morgan fingerprint density at radius 2 is 1.88 bits per heavy atom. The van der Waals surface area contributed by atoms with E-state index in [9.17, 15) is 4.39 Å². The summed E-state index contributed by atoms with van der Waals surface area (Å²) < 4.78 is 12.7. The average molecular weight is 224 g/mol. The van der Waals surface area contributed by atoms with Crippen molar-refractivity contribution in [1.29, 1.82) is 0 Å². The van der Waals surface area contributed by atoms with Crippen molar-refractivity contribution in [3.63, 3.8) is 0 Å². The minimum atomic E-state index is -0.182. The Bertz CT molecular complexity index is 295. The second-order valence-corrected chi connectivity index (χ2v) is 4.42. The smallest absolute Gasteiger partial charge is 0.123 e. The van der Waals surface area contributed by atoms with Crippen LogP contribution in [-0.4, -0.2) is 19.1 Å². The summed E-state index contributed by atoms with van der Waals surface area (Å²) in [4.78, 5) is 0. The Morgan fingerprint density at radius 3 is 2.38 bits per heavy atom. The number of hydrogen-bond acceptors (Lipinski definition) is 2. The van der Waals surface area contributed by atoms with E-state index in [-0.39, 0.29) is 5.82 Å². The maximum atomic E-state index is 12.7. The molecule has 0 aliphatic rings. The molecule has 0 aliphatic carbocycles. The van der Waals surface area contributed by atoms with Crippen LogP contribution < -0.4 is 11.1 Å². The third-order valence-electron chi connectivity index (χ3n) is 2.79. The Labute approximate surface area is 97.0 Å². The zero-order valence-corrected chi connectivity index (χ0v) is 10.0. The van der Waals surface area contributed by atoms with Gasteiger partial charge in [-0.1, -0.05) is 26.0 Å². The molecule has 0 radical (unpaired) electrons. The summed E-state index contributed by atoms with van der Waals surface area (Å²) in [6, 6.07) is 7.00. The van der Waals surface area contributed by atoms with Gasteiger partial charge in [-0.05, 0) is 36.6 Å². The molecule has 1 atom stereocenters. The lowest BCUT2D eigenvalue weighted by molar-refractivity contribution is 0.409. The van der Waals surface area contributed by atoms with Gasteiger partial charge in [0.15, 0.2) is 0 Å². The number of hydrogen-bond donors (Lipinski definition) is 2. The highest BCUT2D eigenvalue weighted by Gasteiger charge is 2.09. The van der Waals surface area contributed by atoms with Crippen molar-refractivity contribution >= 4 is 0 Å². The summed E-state index contributed by atoms with van der Waals surface area (Å²) in [5.41, 5.74) is 6.81. The summed E-state index contributed by atoms with van der Waals surface area (Å²) in [5, 5.41) is 3.41. The van der Waals surface area contributed by atoms with E-state index >= 15 is 0 Å². The van der Waals surface area contributed by atoms with Gasteiger partial charge in [0.25, 0.3) is 0 Å². The molecule has 0 bridgehead atoms. The van der Waals surface area contributed by atoms with Crippen LogP contribution in [0.15, 0.2) is 24.3 Å². The van der Waals surface area contributed by atoms with Gasteiger partial charge in [-0.25, -0.2) is 4.39 Å². The zero-order valence-electron chi connectivity index (χ0n) is 10.0. The molecule has 0 aromatic heterocycles. The van der Waals surface area contributed by atoms with E-state index in [1.54, 1.807) is 0 Å². The quantitative estimate of drug-likeness (QED) is 0.775. The molecule has 16 heavy (non-hydrogen) atoms. The van der Waals surface area contributed by atoms with Gasteiger partial charge in [0, 0.05) is 12.6 Å². The fourth-order valence-corrected chi connectivity index (χ4v) is 1.64. The van der Waals surface area contributed by atoms with Crippen molar-refractivity contribution in [2.45, 2.75) is 26.3 Å². The molecule has 0 spiro atoms. The van der Waals surface area contributed by atoms with Gasteiger partial charge in [0.2, 0.25) is 0 Å². The van der Waals surface area contributed by atoms with E-state index in [0.717, 1.165) is 18.5 Å². The first kappa shape index (κ1) is 13.1. The van der Waals surface area contributed by atoms with Crippen molar-refractivity contribution < 1.29 is 4.39 Å². The third-order valence-corrected chi connectivity index (χ3v) is 2.79. The minimum absolute atomic E-state index is 0.182. The first-order valence-corrected chi connectivity index (χ1v) is 5.81. The van der Waals surface area contributed by atoms with Crippen molar-refractivity contribution in [2.75, 3.05) is 13.1 Å². The van der Waals surface area contributed by atoms with E-state index in [1.807, 2.05) is 12.1 Å². The molecule has 1 aromatic carbocycles. The lowest BCUT2D eigenvalue weighted by atomic mass is 10.0. The second kappa shape index (κ2) is 6.61. The van der Waals surface area contributed by atoms with E-state index < -0.39 is 0 Å². The first-order chi connectivity index (χ1) is 7.63. The fourth-order valence-electron chi connectivity index (χ4n) is 1.64. The molecule has 0 saturated carbocycles. The molecule has 0 aliphatic heterocycles. The van der Waals surface area contributed by atoms with E-state index in [0.29, 0.717) is 18.5 Å². The Kier molecular flexibility index (Phi) is 5.43. The number of benzene rings is 1. The van der Waals surface area contributed by atoms with E-state index in [4.69, 9.17) is 5.73 Å². The van der Waals surface area contributed by atoms with Crippen LogP contribution in [0.3, 0.4) is 0 Å². The number of halogens is 1. The monoisotopic (exact) mass is 224 g/mol. The van der Waals surface area contributed by atoms with Crippen LogP contribution in [0.1, 0.15) is 19.4 Å². The predicted molar refractivity (Wildman–Crippen MR) is 65.8 cm³/mol. The SMILES string of the molecule is CC(C)C(CN)NCCc1ccc(F)cc1. The van der Waals surface area contributed by atoms with Crippen LogP contribution in [0.4, 0.5) is 4.39 Å². The molecule has 0 amide bonds. The van der Waals surface area contributed by atoms with Gasteiger partial charge in [-0.15, -0.1) is 0 Å². The number of nitrogens with two attached hydrogens (primary N) is 1. The van der Waals surface area contributed by atoms with Gasteiger partial charge >= 0.3 is 0 Å². The summed E-state index contributed by atoms with van der Waals surface area (Å²) in [5.74, 6) is 0.358. The lowest BCUT2D eigenvalue weighted by Gasteiger charge is -2.20. The topological polar surface area (TPSA) is 38.0 Å². The molecule has 1 rings (SSSR count). The summed E-state index contributed by atoms with van der Waals surface area (Å²) in [6.45, 7) is 5.84. The highest BCUT2D eigenvalue weighted by Crippen LogP contribution is 2.04. The van der Waals surface area contributed by atoms with Crippen LogP contribution in [-0.2, 0) is 6.42 Å². The lowest BCUT2D eigenvalue weighted by Crippen LogP contribution is -2.41. The summed E-state index contributed by atoms with van der Waals surface area (Å²) in [7, 11) is 0. The first-order valence-electron chi connectivity index (χ1n) is 5.81. The predicted octanol–water partition coefficient (Wildman–Crippen LogP) is 1.94. The molecule has 1 unspecified atom stereocenters. The van der Waals surface area contributed by atoms with E-state index in [2.05, 4.69) is 19.2 Å². The Balaban J connectivity index is 2.32. The van der Waals surface area contributed by atoms with Crippen LogP contribution in [0.2, 0.25) is 0 Å². The Hall–Kier alpha value is -0.930. The average Bonchev–Trinajstić information content (AvgIpc) is 2.26. The minimum Gasteiger partial charge on any atom is -0.329 e. The number of nitrogens with one attached hydrogen (secondary N) is 1.